The second-order valence-corrected chi connectivity index (χ2v) is 6.47. The largest absolute Gasteiger partial charge is 0.478 e. The van der Waals surface area contributed by atoms with Gasteiger partial charge >= 0.3 is 5.97 Å². The van der Waals surface area contributed by atoms with E-state index in [-0.39, 0.29) is 0 Å². The molecule has 130 valence electrons. The third kappa shape index (κ3) is 3.45. The molecule has 1 aromatic heterocycles. The predicted molar refractivity (Wildman–Crippen MR) is 95.7 cm³/mol. The van der Waals surface area contributed by atoms with Crippen molar-refractivity contribution in [3.05, 3.63) is 35.0 Å². The highest BCUT2D eigenvalue weighted by molar-refractivity contribution is 5.96. The van der Waals surface area contributed by atoms with Crippen molar-refractivity contribution in [3.63, 3.8) is 0 Å². The van der Waals surface area contributed by atoms with Crippen molar-refractivity contribution < 1.29 is 9.90 Å². The van der Waals surface area contributed by atoms with Crippen LogP contribution in [0.1, 0.15) is 21.5 Å². The van der Waals surface area contributed by atoms with Gasteiger partial charge in [-0.15, -0.1) is 0 Å². The zero-order valence-electron chi connectivity index (χ0n) is 14.2. The molecule has 2 aromatic rings. The Bertz CT molecular complexity index is 732. The van der Waals surface area contributed by atoms with Crippen LogP contribution in [0.3, 0.4) is 0 Å². The number of nitrogens with two attached hydrogens (primary N) is 1. The zero-order chi connectivity index (χ0) is 17.1. The lowest BCUT2D eigenvalue weighted by atomic mass is 10.0. The fraction of sp³-hybridized carbons (Fsp3) is 0.500. The lowest BCUT2D eigenvalue weighted by Crippen LogP contribution is -2.44. The fourth-order valence-corrected chi connectivity index (χ4v) is 3.49. The number of fused-ring (bicyclic) bond motifs is 1. The van der Waals surface area contributed by atoms with Gasteiger partial charge in [0.2, 0.25) is 0 Å². The lowest BCUT2D eigenvalue weighted by molar-refractivity contribution is 0.0696. The van der Waals surface area contributed by atoms with Crippen molar-refractivity contribution in [2.45, 2.75) is 19.9 Å². The van der Waals surface area contributed by atoms with Crippen LogP contribution < -0.4 is 11.1 Å². The summed E-state index contributed by atoms with van der Waals surface area (Å²) in [6, 6.07) is 3.80. The number of aromatic carboxylic acids is 1. The van der Waals surface area contributed by atoms with Gasteiger partial charge in [0.05, 0.1) is 5.56 Å². The van der Waals surface area contributed by atoms with Crippen LogP contribution in [-0.2, 0) is 13.0 Å². The van der Waals surface area contributed by atoms with Crippen molar-refractivity contribution in [2.24, 2.45) is 5.73 Å². The molecule has 6 heteroatoms. The van der Waals surface area contributed by atoms with Crippen LogP contribution >= 0.6 is 0 Å². The summed E-state index contributed by atoms with van der Waals surface area (Å²) in [5.74, 6) is -0.878. The Hall–Kier alpha value is -1.89. The van der Waals surface area contributed by atoms with Crippen LogP contribution in [0.25, 0.3) is 10.9 Å². The number of piperazine rings is 1. The Kier molecular flexibility index (Phi) is 5.18. The molecule has 0 bridgehead atoms. The minimum absolute atomic E-state index is 0.368. The topological polar surface area (TPSA) is 83.5 Å². The maximum atomic E-state index is 11.4. The summed E-state index contributed by atoms with van der Waals surface area (Å²) in [5.41, 5.74) is 9.15. The monoisotopic (exact) mass is 330 g/mol. The molecule has 1 fully saturated rings. The first-order valence-corrected chi connectivity index (χ1v) is 8.59. The van der Waals surface area contributed by atoms with Gasteiger partial charge in [0.25, 0.3) is 0 Å². The number of nitrogens with zero attached hydrogens (tertiary/aromatic N) is 2. The standard InChI is InChI=1S/C18H26N4O2/c1-13-10-16-14(2-6-21-8-4-20-5-9-21)12-22(7-3-19)17(16)11-15(13)18(23)24/h10-12,20H,2-9,19H2,1H3,(H,23,24). The number of aryl methyl sites for hydroxylation is 1. The first kappa shape index (κ1) is 17.0. The molecule has 1 saturated heterocycles. The highest BCUT2D eigenvalue weighted by Crippen LogP contribution is 2.26. The van der Waals surface area contributed by atoms with E-state index < -0.39 is 5.97 Å². The van der Waals surface area contributed by atoms with Crippen LogP contribution in [0.2, 0.25) is 0 Å². The number of carbonyl (C=O) groups is 1. The van der Waals surface area contributed by atoms with Crippen LogP contribution in [0.5, 0.6) is 0 Å². The summed E-state index contributed by atoms with van der Waals surface area (Å²) in [6.45, 7) is 8.41. The number of aromatic nitrogens is 1. The van der Waals surface area contributed by atoms with Gasteiger partial charge in [0.1, 0.15) is 0 Å². The predicted octanol–water partition coefficient (Wildman–Crippen LogP) is 1.05. The molecule has 1 aliphatic rings. The Balaban J connectivity index is 1.91. The van der Waals surface area contributed by atoms with Crippen molar-refractivity contribution in [1.82, 2.24) is 14.8 Å². The molecule has 0 aliphatic carbocycles. The van der Waals surface area contributed by atoms with E-state index >= 15 is 0 Å². The van der Waals surface area contributed by atoms with Crippen molar-refractivity contribution in [3.8, 4) is 0 Å². The van der Waals surface area contributed by atoms with Crippen molar-refractivity contribution in [1.29, 1.82) is 0 Å². The molecule has 6 nitrogen and oxygen atoms in total. The molecule has 0 amide bonds. The zero-order valence-corrected chi connectivity index (χ0v) is 14.2. The van der Waals surface area contributed by atoms with Gasteiger partial charge in [-0.05, 0) is 36.6 Å². The number of carboxylic acids is 1. The van der Waals surface area contributed by atoms with Gasteiger partial charge in [-0.25, -0.2) is 4.79 Å². The average molecular weight is 330 g/mol. The maximum Gasteiger partial charge on any atom is 0.336 e. The SMILES string of the molecule is Cc1cc2c(CCN3CCNCC3)cn(CCN)c2cc1C(=O)O. The minimum atomic E-state index is -0.878. The molecule has 0 unspecified atom stereocenters. The molecule has 0 radical (unpaired) electrons. The summed E-state index contributed by atoms with van der Waals surface area (Å²) < 4.78 is 2.09. The highest BCUT2D eigenvalue weighted by Gasteiger charge is 2.16. The second kappa shape index (κ2) is 7.34. The average Bonchev–Trinajstić information content (AvgIpc) is 2.90. The molecule has 2 heterocycles. The lowest BCUT2D eigenvalue weighted by Gasteiger charge is -2.26. The smallest absolute Gasteiger partial charge is 0.336 e. The molecular formula is C18H26N4O2. The van der Waals surface area contributed by atoms with E-state index in [1.165, 1.54) is 5.56 Å². The summed E-state index contributed by atoms with van der Waals surface area (Å²) in [4.78, 5) is 13.9. The molecular weight excluding hydrogens is 304 g/mol. The molecule has 0 spiro atoms. The second-order valence-electron chi connectivity index (χ2n) is 6.47. The van der Waals surface area contributed by atoms with Gasteiger partial charge in [0.15, 0.2) is 0 Å². The van der Waals surface area contributed by atoms with Crippen molar-refractivity contribution >= 4 is 16.9 Å². The summed E-state index contributed by atoms with van der Waals surface area (Å²) in [7, 11) is 0. The van der Waals surface area contributed by atoms with Gasteiger partial charge < -0.3 is 25.6 Å². The van der Waals surface area contributed by atoms with E-state index in [1.807, 2.05) is 13.0 Å². The Labute approximate surface area is 142 Å². The highest BCUT2D eigenvalue weighted by atomic mass is 16.4. The maximum absolute atomic E-state index is 11.4. The van der Waals surface area contributed by atoms with Gasteiger partial charge in [0, 0.05) is 62.9 Å². The molecule has 1 aromatic carbocycles. The first-order valence-electron chi connectivity index (χ1n) is 8.59. The van der Waals surface area contributed by atoms with E-state index in [0.717, 1.165) is 55.6 Å². The van der Waals surface area contributed by atoms with E-state index in [1.54, 1.807) is 6.07 Å². The number of nitrogens with one attached hydrogen (secondary N) is 1. The van der Waals surface area contributed by atoms with Gasteiger partial charge in [-0.3, -0.25) is 0 Å². The third-order valence-corrected chi connectivity index (χ3v) is 4.82. The minimum Gasteiger partial charge on any atom is -0.478 e. The Morgan fingerprint density at radius 3 is 2.71 bits per heavy atom. The molecule has 3 rings (SSSR count). The van der Waals surface area contributed by atoms with Crippen LogP contribution in [-0.4, -0.2) is 59.8 Å². The Morgan fingerprint density at radius 2 is 2.04 bits per heavy atom. The summed E-state index contributed by atoms with van der Waals surface area (Å²) in [6.07, 6.45) is 3.12. The summed E-state index contributed by atoms with van der Waals surface area (Å²) >= 11 is 0. The number of carboxylic acid groups (broad SMARTS) is 1. The van der Waals surface area contributed by atoms with E-state index in [9.17, 15) is 9.90 Å². The number of rotatable bonds is 6. The molecule has 24 heavy (non-hydrogen) atoms. The normalized spacial score (nSPS) is 15.9. The summed E-state index contributed by atoms with van der Waals surface area (Å²) in [5, 5.41) is 13.9. The first-order chi connectivity index (χ1) is 11.6. The molecule has 4 N–H and O–H groups in total. The number of benzene rings is 1. The Morgan fingerprint density at radius 1 is 1.29 bits per heavy atom. The van der Waals surface area contributed by atoms with Gasteiger partial charge in [-0.1, -0.05) is 0 Å². The van der Waals surface area contributed by atoms with Crippen LogP contribution in [0.4, 0.5) is 0 Å². The van der Waals surface area contributed by atoms with Crippen LogP contribution in [0.15, 0.2) is 18.3 Å². The third-order valence-electron chi connectivity index (χ3n) is 4.82. The quantitative estimate of drug-likeness (QED) is 0.737. The van der Waals surface area contributed by atoms with E-state index in [4.69, 9.17) is 5.73 Å². The van der Waals surface area contributed by atoms with Crippen LogP contribution in [0, 0.1) is 6.92 Å². The van der Waals surface area contributed by atoms with Gasteiger partial charge in [-0.2, -0.15) is 0 Å². The van der Waals surface area contributed by atoms with Crippen molar-refractivity contribution in [2.75, 3.05) is 39.3 Å². The number of hydrogen-bond acceptors (Lipinski definition) is 4. The number of hydrogen-bond donors (Lipinski definition) is 3. The van der Waals surface area contributed by atoms with E-state index in [2.05, 4.69) is 21.0 Å². The fourth-order valence-electron chi connectivity index (χ4n) is 3.49. The molecule has 1 aliphatic heterocycles. The molecule has 0 saturated carbocycles. The van der Waals surface area contributed by atoms with E-state index in [0.29, 0.717) is 18.7 Å². The molecule has 0 atom stereocenters.